The molecule has 3 aromatic rings. The Labute approximate surface area is 405 Å². The number of carbonyl (C=O) groups excluding carboxylic acids is 3. The van der Waals surface area contributed by atoms with Crippen LogP contribution in [0, 0.1) is 56.3 Å². The number of allylic oxidation sites excluding steroid dienone is 3. The molecular formula is C55H75MgN4O5-. The van der Waals surface area contributed by atoms with E-state index in [1.165, 1.54) is 63.2 Å². The number of Topliss-reactive ketones (excluding diaryl/α,β-unsaturated/α-hetero) is 1. The quantitative estimate of drug-likeness (QED) is 0.0512. The van der Waals surface area contributed by atoms with Gasteiger partial charge >= 0.3 is 35.0 Å². The second kappa shape index (κ2) is 23.1. The van der Waals surface area contributed by atoms with Crippen molar-refractivity contribution in [2.24, 2.45) is 35.5 Å². The van der Waals surface area contributed by atoms with Gasteiger partial charge in [-0.25, -0.2) is 0 Å². The summed E-state index contributed by atoms with van der Waals surface area (Å²) >= 11 is 0. The van der Waals surface area contributed by atoms with Crippen LogP contribution >= 0.6 is 0 Å². The summed E-state index contributed by atoms with van der Waals surface area (Å²) in [5, 5.41) is 5.38. The molecule has 0 amide bonds. The van der Waals surface area contributed by atoms with Crippen LogP contribution in [-0.4, -0.2) is 54.5 Å². The monoisotopic (exact) mass is 896 g/mol. The number of methoxy groups -OCH3 is 1. The third kappa shape index (κ3) is 11.8. The zero-order valence-electron chi connectivity index (χ0n) is 41.8. The Balaban J connectivity index is 0.00000793. The molecule has 10 heteroatoms. The molecule has 0 saturated carbocycles. The van der Waals surface area contributed by atoms with Crippen molar-refractivity contribution in [3.05, 3.63) is 89.9 Å². The van der Waals surface area contributed by atoms with E-state index < -0.39 is 11.9 Å². The number of nitrogens with one attached hydrogen (secondary N) is 1. The molecule has 6 rings (SSSR count). The molecule has 3 aromatic heterocycles. The van der Waals surface area contributed by atoms with Gasteiger partial charge in [-0.2, -0.15) is 0 Å². The van der Waals surface area contributed by atoms with E-state index in [4.69, 9.17) is 24.4 Å². The number of fused-ring (bicyclic) bond motifs is 7. The van der Waals surface area contributed by atoms with E-state index in [0.717, 1.165) is 93.6 Å². The second-order valence-electron chi connectivity index (χ2n) is 19.7. The Morgan fingerprint density at radius 3 is 2.06 bits per heavy atom. The summed E-state index contributed by atoms with van der Waals surface area (Å²) in [7, 11) is 1.31. The average molecular weight is 897 g/mol. The molecule has 65 heavy (non-hydrogen) atoms. The molecular weight excluding hydrogens is 821 g/mol. The van der Waals surface area contributed by atoms with Crippen molar-refractivity contribution in [2.75, 3.05) is 13.7 Å². The first-order chi connectivity index (χ1) is 30.6. The maximum atomic E-state index is 14.4. The first-order valence-electron chi connectivity index (χ1n) is 24.4. The first kappa shape index (κ1) is 52.0. The summed E-state index contributed by atoms with van der Waals surface area (Å²) in [6, 6.07) is 0. The fourth-order valence-electron chi connectivity index (χ4n) is 10.4. The number of rotatable bonds is 20. The molecule has 3 aliphatic rings. The number of nitrogens with zero attached hydrogens (tertiary/aromatic N) is 3. The normalized spacial score (nSPS) is 21.7. The van der Waals surface area contributed by atoms with Crippen LogP contribution in [0.15, 0.2) is 23.0 Å². The summed E-state index contributed by atoms with van der Waals surface area (Å²) in [5.74, 6) is -0.409. The molecule has 9 nitrogen and oxygen atoms in total. The van der Waals surface area contributed by atoms with E-state index >= 15 is 0 Å². The predicted octanol–water partition coefficient (Wildman–Crippen LogP) is 9.50. The molecule has 0 radical (unpaired) electrons. The average Bonchev–Trinajstić information content (AvgIpc) is 3.99. The molecule has 5 atom stereocenters. The Morgan fingerprint density at radius 1 is 0.785 bits per heavy atom. The zero-order chi connectivity index (χ0) is 46.4. The number of hydrogen-bond acceptors (Lipinski definition) is 6. The molecule has 1 N–H and O–H groups in total. The van der Waals surface area contributed by atoms with E-state index in [-0.39, 0.29) is 59.7 Å². The third-order valence-corrected chi connectivity index (χ3v) is 14.5. The summed E-state index contributed by atoms with van der Waals surface area (Å²) in [6.07, 6.45) is 21.7. The molecule has 8 bridgehead atoms. The molecule has 348 valence electrons. The Hall–Kier alpha value is -4.02. The summed E-state index contributed by atoms with van der Waals surface area (Å²) < 4.78 is 11.1. The Bertz CT molecular complexity index is 2420. The van der Waals surface area contributed by atoms with Crippen LogP contribution in [0.1, 0.15) is 187 Å². The van der Waals surface area contributed by atoms with Crippen LogP contribution < -0.4 is 31.0 Å². The smallest absolute Gasteiger partial charge is 0.657 e. The number of esters is 2. The van der Waals surface area contributed by atoms with Crippen LogP contribution in [0.2, 0.25) is 0 Å². The summed E-state index contributed by atoms with van der Waals surface area (Å²) in [4.78, 5) is 56.8. The van der Waals surface area contributed by atoms with Crippen LogP contribution in [0.5, 0.6) is 0 Å². The van der Waals surface area contributed by atoms with Gasteiger partial charge in [0.05, 0.1) is 7.11 Å². The van der Waals surface area contributed by atoms with Crippen molar-refractivity contribution < 1.29 is 23.9 Å². The summed E-state index contributed by atoms with van der Waals surface area (Å²) in [6.45, 7) is 24.3. The topological polar surface area (TPSA) is 124 Å². The van der Waals surface area contributed by atoms with Crippen molar-refractivity contribution in [3.63, 3.8) is 0 Å². The van der Waals surface area contributed by atoms with Gasteiger partial charge in [0.15, 0.2) is 5.78 Å². The molecule has 1 fully saturated rings. The van der Waals surface area contributed by atoms with Crippen molar-refractivity contribution in [3.8, 4) is 0 Å². The van der Waals surface area contributed by atoms with E-state index in [0.29, 0.717) is 34.5 Å². The van der Waals surface area contributed by atoms with Gasteiger partial charge in [0.2, 0.25) is 0 Å². The van der Waals surface area contributed by atoms with Gasteiger partial charge < -0.3 is 29.7 Å². The minimum Gasteiger partial charge on any atom is -0.657 e. The largest absolute Gasteiger partial charge is 2.00 e. The van der Waals surface area contributed by atoms with E-state index in [2.05, 4.69) is 86.7 Å². The number of hydrogen-bond donors (Lipinski definition) is 1. The Morgan fingerprint density at radius 2 is 1.42 bits per heavy atom. The zero-order valence-corrected chi connectivity index (χ0v) is 43.2. The number of ether oxygens (including phenoxy) is 2. The fourth-order valence-corrected chi connectivity index (χ4v) is 10.4. The van der Waals surface area contributed by atoms with E-state index in [1.54, 1.807) is 0 Å². The van der Waals surface area contributed by atoms with Crippen LogP contribution in [0.3, 0.4) is 0 Å². The van der Waals surface area contributed by atoms with Gasteiger partial charge in [-0.3, -0.25) is 14.4 Å². The van der Waals surface area contributed by atoms with Gasteiger partial charge in [0.25, 0.3) is 0 Å². The van der Waals surface area contributed by atoms with Gasteiger partial charge in [-0.05, 0) is 89.2 Å². The van der Waals surface area contributed by atoms with Crippen molar-refractivity contribution in [1.82, 2.24) is 20.3 Å². The van der Waals surface area contributed by atoms with E-state index in [1.807, 2.05) is 19.1 Å². The molecule has 0 unspecified atom stereocenters. The minimum atomic E-state index is -1.18. The van der Waals surface area contributed by atoms with Crippen molar-refractivity contribution in [1.29, 1.82) is 0 Å². The van der Waals surface area contributed by atoms with Gasteiger partial charge in [0.1, 0.15) is 12.5 Å². The standard InChI is InChI=1S/C55H76N4O5.Mg/c1-13-39-35(8)42-28-44-37(10)41(24-25-48(60)64-27-26-34(7)23-17-22-33(6)21-16-20-32(5)19-15-18-31(3)4)52(58-44)50-51(55(62)63-12)54(61)49-38(11)45(59-53(49)50)30-47-40(14-2)36(9)43(57-47)29-46(39)56-42;/h26,28-33,37,41,51H,13-25,27H2,1-12H3,(H2,58,59,61);/q-2;+2/p-1/b34-26+,43-29-,44-28-,47-30-;/t32-,33-,37+,41+,51-;/m1./s1. The van der Waals surface area contributed by atoms with Crippen LogP contribution in [0.4, 0.5) is 0 Å². The first-order valence-corrected chi connectivity index (χ1v) is 24.4. The predicted molar refractivity (Wildman–Crippen MR) is 264 cm³/mol. The molecule has 2 aliphatic heterocycles. The molecule has 5 heterocycles. The third-order valence-electron chi connectivity index (χ3n) is 14.5. The minimum absolute atomic E-state index is 0. The Kier molecular flexibility index (Phi) is 18.5. The number of ketones is 1. The van der Waals surface area contributed by atoms with Gasteiger partial charge in [0, 0.05) is 35.2 Å². The number of carbonyl (C=O) groups is 3. The fraction of sp³-hybridized carbons (Fsp3) is 0.582. The molecule has 0 aromatic carbocycles. The summed E-state index contributed by atoms with van der Waals surface area (Å²) in [5.41, 5.74) is 11.9. The molecule has 1 aliphatic carbocycles. The molecule has 1 saturated heterocycles. The van der Waals surface area contributed by atoms with E-state index in [9.17, 15) is 14.4 Å². The van der Waals surface area contributed by atoms with Crippen LogP contribution in [0.25, 0.3) is 23.8 Å². The van der Waals surface area contributed by atoms with Gasteiger partial charge in [-0.15, -0.1) is 33.5 Å². The van der Waals surface area contributed by atoms with Gasteiger partial charge in [-0.1, -0.05) is 145 Å². The SMILES string of the molecule is CCc1c2[n-]c(c1C)/C=C1\N/C(=C3\c4[n-]c(c(C)c4C(=O)[C@@H]3C(=O)OC)/C=c3\[n-]/c(c(C)c3CC)=C\2)[C@@H](CCC(=O)OC/C=C(\C)CCC[C@H](C)CCC[C@H](C)CCCC(C)C)[C@@H]1C.[Mg+2]. The maximum Gasteiger partial charge on any atom is 2.00 e. The maximum absolute atomic E-state index is 14.4. The van der Waals surface area contributed by atoms with Crippen LogP contribution in [-0.2, 0) is 31.9 Å². The number of aromatic nitrogens is 3. The molecule has 0 spiro atoms. The van der Waals surface area contributed by atoms with Crippen molar-refractivity contribution in [2.45, 2.75) is 160 Å². The second-order valence-corrected chi connectivity index (χ2v) is 19.7. The van der Waals surface area contributed by atoms with Crippen molar-refractivity contribution >= 4 is 64.6 Å².